The molecule has 1 saturated heterocycles. The number of nitrogens with one attached hydrogen (secondary N) is 1. The quantitative estimate of drug-likeness (QED) is 0.188. The fraction of sp³-hybridized carbons (Fsp3) is 0.250. The van der Waals surface area contributed by atoms with Gasteiger partial charge in [-0.3, -0.25) is 14.5 Å². The van der Waals surface area contributed by atoms with Crippen LogP contribution in [0.5, 0.6) is 11.5 Å². The second-order valence-electron chi connectivity index (χ2n) is 13.2. The molecular weight excluding hydrogens is 614 g/mol. The molecule has 5 aromatic rings. The molecule has 9 heteroatoms. The minimum Gasteiger partial charge on any atom is -0.508 e. The molecule has 0 aliphatic carbocycles. The highest BCUT2D eigenvalue weighted by Crippen LogP contribution is 2.38. The number of carbonyl (C=O) groups is 2. The number of phenolic OH excluding ortho intramolecular Hbond substituents is 2. The van der Waals surface area contributed by atoms with Gasteiger partial charge >= 0.3 is 0 Å². The number of nitrogens with zero attached hydrogens (tertiary/aromatic N) is 4. The molecule has 1 fully saturated rings. The number of anilines is 1. The first-order chi connectivity index (χ1) is 23.7. The SMILES string of the molecule is Cc1cc(C(=O)Nc2ccc(O)cc2-c2cc(O)ccc2C(=O)N2Cc3ccccc3C[C@H]2CN2CCN(C)CC2)cn1-c1ccccc1. The summed E-state index contributed by atoms with van der Waals surface area (Å²) >= 11 is 0. The van der Waals surface area contributed by atoms with Gasteiger partial charge in [0.1, 0.15) is 11.5 Å². The van der Waals surface area contributed by atoms with E-state index in [1.807, 2.05) is 58.9 Å². The van der Waals surface area contributed by atoms with E-state index < -0.39 is 0 Å². The Balaban J connectivity index is 1.22. The first-order valence-corrected chi connectivity index (χ1v) is 16.7. The molecule has 0 spiro atoms. The van der Waals surface area contributed by atoms with Crippen LogP contribution in [0, 0.1) is 6.92 Å². The molecule has 0 unspecified atom stereocenters. The number of fused-ring (bicyclic) bond motifs is 1. The van der Waals surface area contributed by atoms with Crippen LogP contribution in [0.1, 0.15) is 37.5 Å². The molecule has 1 atom stereocenters. The highest BCUT2D eigenvalue weighted by molar-refractivity contribution is 6.08. The lowest BCUT2D eigenvalue weighted by Crippen LogP contribution is -2.53. The van der Waals surface area contributed by atoms with Gasteiger partial charge in [-0.05, 0) is 86.1 Å². The van der Waals surface area contributed by atoms with Crippen molar-refractivity contribution in [3.63, 3.8) is 0 Å². The van der Waals surface area contributed by atoms with Crippen molar-refractivity contribution in [2.75, 3.05) is 45.1 Å². The zero-order valence-corrected chi connectivity index (χ0v) is 27.8. The average molecular weight is 656 g/mol. The van der Waals surface area contributed by atoms with Gasteiger partial charge in [-0.15, -0.1) is 0 Å². The maximum atomic E-state index is 14.7. The molecule has 3 N–H and O–H groups in total. The van der Waals surface area contributed by atoms with Gasteiger partial charge in [-0.25, -0.2) is 0 Å². The van der Waals surface area contributed by atoms with Gasteiger partial charge in [0.05, 0.1) is 5.56 Å². The Morgan fingerprint density at radius 1 is 0.796 bits per heavy atom. The Morgan fingerprint density at radius 2 is 1.47 bits per heavy atom. The number of hydrogen-bond acceptors (Lipinski definition) is 6. The fourth-order valence-corrected chi connectivity index (χ4v) is 7.04. The van der Waals surface area contributed by atoms with Crippen molar-refractivity contribution in [2.24, 2.45) is 0 Å². The number of likely N-dealkylation sites (N-methyl/N-ethyl adjacent to an activating group) is 1. The molecule has 2 amide bonds. The Labute approximate surface area is 286 Å². The second-order valence-corrected chi connectivity index (χ2v) is 13.2. The van der Waals surface area contributed by atoms with Gasteiger partial charge in [-0.2, -0.15) is 0 Å². The highest BCUT2D eigenvalue weighted by Gasteiger charge is 2.33. The summed E-state index contributed by atoms with van der Waals surface area (Å²) in [6, 6.07) is 29.2. The van der Waals surface area contributed by atoms with Crippen molar-refractivity contribution >= 4 is 17.5 Å². The number of rotatable bonds is 7. The zero-order valence-electron chi connectivity index (χ0n) is 27.8. The number of aryl methyl sites for hydroxylation is 1. The average Bonchev–Trinajstić information content (AvgIpc) is 3.51. The van der Waals surface area contributed by atoms with Gasteiger partial charge < -0.3 is 29.9 Å². The molecule has 3 heterocycles. The Bertz CT molecular complexity index is 2000. The van der Waals surface area contributed by atoms with Crippen LogP contribution in [0.15, 0.2) is 103 Å². The molecule has 250 valence electrons. The van der Waals surface area contributed by atoms with Crippen molar-refractivity contribution in [1.82, 2.24) is 19.3 Å². The molecule has 2 aliphatic heterocycles. The lowest BCUT2D eigenvalue weighted by Gasteiger charge is -2.41. The number of aromatic hydroxyl groups is 2. The smallest absolute Gasteiger partial charge is 0.257 e. The number of amides is 2. The van der Waals surface area contributed by atoms with Gasteiger partial charge in [0, 0.05) is 85.3 Å². The number of phenols is 2. The van der Waals surface area contributed by atoms with Gasteiger partial charge in [0.25, 0.3) is 11.8 Å². The Hall–Kier alpha value is -5.38. The van der Waals surface area contributed by atoms with Crippen LogP contribution < -0.4 is 5.32 Å². The molecule has 0 radical (unpaired) electrons. The van der Waals surface area contributed by atoms with E-state index in [0.29, 0.717) is 34.5 Å². The van der Waals surface area contributed by atoms with Crippen LogP contribution in [0.4, 0.5) is 5.69 Å². The van der Waals surface area contributed by atoms with E-state index in [-0.39, 0.29) is 29.4 Å². The van der Waals surface area contributed by atoms with E-state index in [9.17, 15) is 19.8 Å². The third kappa shape index (κ3) is 6.81. The lowest BCUT2D eigenvalue weighted by atomic mass is 9.91. The third-order valence-corrected chi connectivity index (χ3v) is 9.77. The van der Waals surface area contributed by atoms with Crippen LogP contribution in [0.3, 0.4) is 0 Å². The molecule has 9 nitrogen and oxygen atoms in total. The minimum atomic E-state index is -0.336. The lowest BCUT2D eigenvalue weighted by molar-refractivity contribution is 0.0536. The molecule has 1 aromatic heterocycles. The summed E-state index contributed by atoms with van der Waals surface area (Å²) < 4.78 is 1.95. The monoisotopic (exact) mass is 655 g/mol. The number of piperazine rings is 1. The number of hydrogen-bond donors (Lipinski definition) is 3. The zero-order chi connectivity index (χ0) is 34.1. The van der Waals surface area contributed by atoms with E-state index in [4.69, 9.17) is 0 Å². The van der Waals surface area contributed by atoms with Crippen LogP contribution in [-0.2, 0) is 13.0 Å². The normalized spacial score (nSPS) is 16.7. The van der Waals surface area contributed by atoms with Crippen LogP contribution in [0.2, 0.25) is 0 Å². The standard InChI is InChI=1S/C40H41N5O4/c1-27-20-30(25-44(27)31-10-4-3-5-11-31)39(48)41-38-15-13-34(47)23-37(38)36-22-33(46)12-14-35(36)40(49)45-24-29-9-7-6-8-28(29)21-32(45)26-43-18-16-42(2)17-19-43/h3-15,20,22-23,25,32,46-47H,16-19,21,24,26H2,1-2H3,(H,41,48)/t32-/m0/s1. The highest BCUT2D eigenvalue weighted by atomic mass is 16.3. The van der Waals surface area contributed by atoms with Gasteiger partial charge in [0.2, 0.25) is 0 Å². The summed E-state index contributed by atoms with van der Waals surface area (Å²) in [4.78, 5) is 35.1. The van der Waals surface area contributed by atoms with Crippen molar-refractivity contribution in [2.45, 2.75) is 25.9 Å². The van der Waals surface area contributed by atoms with Crippen molar-refractivity contribution in [3.05, 3.63) is 131 Å². The predicted molar refractivity (Wildman–Crippen MR) is 191 cm³/mol. The summed E-state index contributed by atoms with van der Waals surface area (Å²) in [5.74, 6) is -0.557. The van der Waals surface area contributed by atoms with Crippen LogP contribution in [-0.4, -0.2) is 87.1 Å². The molecule has 0 saturated carbocycles. The molecule has 7 rings (SSSR count). The number of benzene rings is 4. The second kappa shape index (κ2) is 13.6. The van der Waals surface area contributed by atoms with E-state index in [1.165, 1.54) is 29.8 Å². The topological polar surface area (TPSA) is 101 Å². The largest absolute Gasteiger partial charge is 0.508 e. The van der Waals surface area contributed by atoms with E-state index >= 15 is 0 Å². The summed E-state index contributed by atoms with van der Waals surface area (Å²) in [7, 11) is 2.14. The Morgan fingerprint density at radius 3 is 2.22 bits per heavy atom. The van der Waals surface area contributed by atoms with Crippen LogP contribution >= 0.6 is 0 Å². The third-order valence-electron chi connectivity index (χ3n) is 9.77. The predicted octanol–water partition coefficient (Wildman–Crippen LogP) is 5.93. The number of aromatic nitrogens is 1. The maximum Gasteiger partial charge on any atom is 0.257 e. The maximum absolute atomic E-state index is 14.7. The molecule has 4 aromatic carbocycles. The Kier molecular flexibility index (Phi) is 8.95. The summed E-state index contributed by atoms with van der Waals surface area (Å²) in [5.41, 5.74) is 6.33. The first kappa shape index (κ1) is 32.2. The van der Waals surface area contributed by atoms with Crippen molar-refractivity contribution < 1.29 is 19.8 Å². The van der Waals surface area contributed by atoms with Crippen molar-refractivity contribution in [1.29, 1.82) is 0 Å². The minimum absolute atomic E-state index is 0.0271. The van der Waals surface area contributed by atoms with Crippen molar-refractivity contribution in [3.8, 4) is 28.3 Å². The van der Waals surface area contributed by atoms with Gasteiger partial charge in [-0.1, -0.05) is 42.5 Å². The van der Waals surface area contributed by atoms with E-state index in [0.717, 1.165) is 56.1 Å². The first-order valence-electron chi connectivity index (χ1n) is 16.7. The van der Waals surface area contributed by atoms with E-state index in [1.54, 1.807) is 18.3 Å². The van der Waals surface area contributed by atoms with Gasteiger partial charge in [0.15, 0.2) is 0 Å². The molecule has 49 heavy (non-hydrogen) atoms. The molecule has 2 aliphatic rings. The van der Waals surface area contributed by atoms with E-state index in [2.05, 4.69) is 40.4 Å². The summed E-state index contributed by atoms with van der Waals surface area (Å²) in [6.07, 6.45) is 2.54. The van der Waals surface area contributed by atoms with Crippen LogP contribution in [0.25, 0.3) is 16.8 Å². The molecular formula is C40H41N5O4. The summed E-state index contributed by atoms with van der Waals surface area (Å²) in [6.45, 7) is 7.04. The number of para-hydroxylation sites is 1. The number of carbonyl (C=O) groups excluding carboxylic acids is 2. The molecule has 0 bridgehead atoms. The summed E-state index contributed by atoms with van der Waals surface area (Å²) in [5, 5.41) is 24.3. The fourth-order valence-electron chi connectivity index (χ4n) is 7.04.